The summed E-state index contributed by atoms with van der Waals surface area (Å²) in [5.41, 5.74) is 1.61. The number of hydrogen-bond donors (Lipinski definition) is 1. The van der Waals surface area contributed by atoms with Gasteiger partial charge in [0.05, 0.1) is 0 Å². The molecule has 27 heavy (non-hydrogen) atoms. The average molecular weight is 369 g/mol. The van der Waals surface area contributed by atoms with Gasteiger partial charge in [0, 0.05) is 4.90 Å². The van der Waals surface area contributed by atoms with E-state index in [4.69, 9.17) is 0 Å². The van der Waals surface area contributed by atoms with Crippen molar-refractivity contribution in [2.45, 2.75) is 31.1 Å². The molecule has 1 heteroatoms. The molecule has 5 rings (SSSR count). The van der Waals surface area contributed by atoms with Gasteiger partial charge in [-0.1, -0.05) is 93.6 Å². The van der Waals surface area contributed by atoms with Crippen LogP contribution in [-0.2, 0) is 5.41 Å². The third kappa shape index (κ3) is 3.52. The van der Waals surface area contributed by atoms with Crippen molar-refractivity contribution in [3.05, 3.63) is 90.5 Å². The van der Waals surface area contributed by atoms with Crippen LogP contribution < -0.4 is 0 Å². The Morgan fingerprint density at radius 2 is 0.889 bits per heavy atom. The summed E-state index contributed by atoms with van der Waals surface area (Å²) < 4.78 is 0. The highest BCUT2D eigenvalue weighted by molar-refractivity contribution is 7.80. The van der Waals surface area contributed by atoms with E-state index in [2.05, 4.69) is 106 Å². The van der Waals surface area contributed by atoms with E-state index in [1.807, 2.05) is 12.1 Å². The summed E-state index contributed by atoms with van der Waals surface area (Å²) in [5, 5.41) is 8.14. The lowest BCUT2D eigenvalue weighted by atomic mass is 9.87. The second kappa shape index (κ2) is 6.90. The van der Waals surface area contributed by atoms with Crippen molar-refractivity contribution in [2.24, 2.45) is 0 Å². The smallest absolute Gasteiger partial charge is 0.00401 e. The van der Waals surface area contributed by atoms with Gasteiger partial charge < -0.3 is 0 Å². The minimum Gasteiger partial charge on any atom is -0.143 e. The Labute approximate surface area is 166 Å². The molecular formula is C26H24S. The van der Waals surface area contributed by atoms with Gasteiger partial charge in [-0.15, -0.1) is 12.6 Å². The predicted molar refractivity (Wildman–Crippen MR) is 123 cm³/mol. The van der Waals surface area contributed by atoms with E-state index in [1.165, 1.54) is 37.9 Å². The lowest BCUT2D eigenvalue weighted by molar-refractivity contribution is 0.590. The van der Waals surface area contributed by atoms with Crippen molar-refractivity contribution in [1.82, 2.24) is 0 Å². The Hall–Kier alpha value is -2.51. The van der Waals surface area contributed by atoms with Gasteiger partial charge in [-0.2, -0.15) is 0 Å². The highest BCUT2D eigenvalue weighted by atomic mass is 32.1. The molecule has 0 saturated heterocycles. The molecule has 0 radical (unpaired) electrons. The van der Waals surface area contributed by atoms with Crippen LogP contribution in [0.15, 0.2) is 89.8 Å². The van der Waals surface area contributed by atoms with E-state index in [0.29, 0.717) is 0 Å². The van der Waals surface area contributed by atoms with Crippen molar-refractivity contribution in [2.75, 3.05) is 0 Å². The van der Waals surface area contributed by atoms with Crippen molar-refractivity contribution >= 4 is 44.9 Å². The fourth-order valence-electron chi connectivity index (χ4n) is 3.63. The van der Waals surface area contributed by atoms with E-state index in [-0.39, 0.29) is 5.41 Å². The van der Waals surface area contributed by atoms with Gasteiger partial charge in [0.1, 0.15) is 0 Å². The summed E-state index contributed by atoms with van der Waals surface area (Å²) >= 11 is 4.23. The van der Waals surface area contributed by atoms with Gasteiger partial charge in [0.15, 0.2) is 0 Å². The van der Waals surface area contributed by atoms with E-state index in [1.54, 1.807) is 0 Å². The first-order valence-corrected chi connectivity index (χ1v) is 9.80. The van der Waals surface area contributed by atoms with Crippen LogP contribution in [0.5, 0.6) is 0 Å². The minimum atomic E-state index is 0.251. The quantitative estimate of drug-likeness (QED) is 0.209. The molecule has 0 N–H and O–H groups in total. The second-order valence-electron chi connectivity index (χ2n) is 8.09. The summed E-state index contributed by atoms with van der Waals surface area (Å²) in [7, 11) is 0. The maximum Gasteiger partial charge on any atom is 0.00401 e. The fraction of sp³-hybridized carbons (Fsp3) is 0.154. The molecule has 0 amide bonds. The van der Waals surface area contributed by atoms with Crippen LogP contribution in [0.25, 0.3) is 32.3 Å². The highest BCUT2D eigenvalue weighted by Gasteiger charge is 2.12. The van der Waals surface area contributed by atoms with Crippen LogP contribution >= 0.6 is 12.6 Å². The Morgan fingerprint density at radius 1 is 0.519 bits per heavy atom. The Kier molecular flexibility index (Phi) is 4.57. The molecule has 0 bridgehead atoms. The van der Waals surface area contributed by atoms with Crippen molar-refractivity contribution < 1.29 is 0 Å². The molecular weight excluding hydrogens is 344 g/mol. The van der Waals surface area contributed by atoms with Gasteiger partial charge in [-0.25, -0.2) is 0 Å². The largest absolute Gasteiger partial charge is 0.143 e. The second-order valence-corrected chi connectivity index (χ2v) is 8.60. The van der Waals surface area contributed by atoms with Crippen LogP contribution in [0.2, 0.25) is 0 Å². The molecule has 0 spiro atoms. The lowest BCUT2D eigenvalue weighted by Crippen LogP contribution is -2.10. The summed E-state index contributed by atoms with van der Waals surface area (Å²) in [4.78, 5) is 1.03. The standard InChI is InChI=1S/C16H10.C10H14S/c1-3-11-7-9-13-5-2-6-14-10-8-12(4-1)15(11)16(13)14;1-10(2,3)8-4-6-9(11)7-5-8/h1-10H;4-7,11H,1-3H3. The Bertz CT molecular complexity index is 1060. The molecule has 0 saturated carbocycles. The number of thiol groups is 1. The first-order chi connectivity index (χ1) is 12.9. The molecule has 0 fully saturated rings. The van der Waals surface area contributed by atoms with Crippen LogP contribution in [0, 0.1) is 0 Å². The van der Waals surface area contributed by atoms with E-state index >= 15 is 0 Å². The molecule has 0 aliphatic carbocycles. The molecule has 0 aromatic heterocycles. The van der Waals surface area contributed by atoms with Crippen molar-refractivity contribution in [3.8, 4) is 0 Å². The zero-order valence-electron chi connectivity index (χ0n) is 16.0. The normalized spacial score (nSPS) is 11.7. The summed E-state index contributed by atoms with van der Waals surface area (Å²) in [6.45, 7) is 6.63. The minimum absolute atomic E-state index is 0.251. The topological polar surface area (TPSA) is 0 Å². The van der Waals surface area contributed by atoms with E-state index in [0.717, 1.165) is 4.90 Å². The Balaban J connectivity index is 0.000000145. The zero-order chi connectivity index (χ0) is 19.0. The Morgan fingerprint density at radius 3 is 1.22 bits per heavy atom. The lowest BCUT2D eigenvalue weighted by Gasteiger charge is -2.18. The monoisotopic (exact) mass is 368 g/mol. The molecule has 5 aromatic carbocycles. The van der Waals surface area contributed by atoms with E-state index < -0.39 is 0 Å². The van der Waals surface area contributed by atoms with Gasteiger partial charge in [0.2, 0.25) is 0 Å². The summed E-state index contributed by atoms with van der Waals surface area (Å²) in [6.07, 6.45) is 0. The fourth-order valence-corrected chi connectivity index (χ4v) is 3.78. The molecule has 0 aliphatic rings. The van der Waals surface area contributed by atoms with Crippen LogP contribution in [-0.4, -0.2) is 0 Å². The first kappa shape index (κ1) is 17.9. The number of rotatable bonds is 0. The molecule has 0 nitrogen and oxygen atoms in total. The molecule has 5 aromatic rings. The summed E-state index contributed by atoms with van der Waals surface area (Å²) in [5.74, 6) is 0. The maximum atomic E-state index is 4.23. The van der Waals surface area contributed by atoms with Crippen molar-refractivity contribution in [1.29, 1.82) is 0 Å². The summed E-state index contributed by atoms with van der Waals surface area (Å²) in [6, 6.07) is 30.2. The number of hydrogen-bond acceptors (Lipinski definition) is 1. The maximum absolute atomic E-state index is 4.23. The SMILES string of the molecule is CC(C)(C)c1ccc(S)cc1.c1cc2ccc3cccc4ccc(c1)c2c34. The average Bonchev–Trinajstić information content (AvgIpc) is 2.66. The van der Waals surface area contributed by atoms with Gasteiger partial charge in [0.25, 0.3) is 0 Å². The van der Waals surface area contributed by atoms with Crippen LogP contribution in [0.3, 0.4) is 0 Å². The third-order valence-corrected chi connectivity index (χ3v) is 5.42. The molecule has 0 atom stereocenters. The third-order valence-electron chi connectivity index (χ3n) is 5.13. The zero-order valence-corrected chi connectivity index (χ0v) is 16.9. The predicted octanol–water partition coefficient (Wildman–Crippen LogP) is 7.86. The molecule has 0 aliphatic heterocycles. The molecule has 0 unspecified atom stereocenters. The first-order valence-electron chi connectivity index (χ1n) is 9.35. The van der Waals surface area contributed by atoms with Gasteiger partial charge in [-0.3, -0.25) is 0 Å². The van der Waals surface area contributed by atoms with Crippen LogP contribution in [0.4, 0.5) is 0 Å². The van der Waals surface area contributed by atoms with Crippen molar-refractivity contribution in [3.63, 3.8) is 0 Å². The molecule has 0 heterocycles. The van der Waals surface area contributed by atoms with Gasteiger partial charge in [-0.05, 0) is 55.4 Å². The molecule has 134 valence electrons. The highest BCUT2D eigenvalue weighted by Crippen LogP contribution is 2.33. The number of benzene rings is 5. The van der Waals surface area contributed by atoms with Crippen LogP contribution in [0.1, 0.15) is 26.3 Å². The van der Waals surface area contributed by atoms with Gasteiger partial charge >= 0.3 is 0 Å². The van der Waals surface area contributed by atoms with E-state index in [9.17, 15) is 0 Å².